The lowest BCUT2D eigenvalue weighted by Gasteiger charge is -2.30. The Balaban J connectivity index is 1.82. The first-order valence-corrected chi connectivity index (χ1v) is 10.0. The van der Waals surface area contributed by atoms with Crippen LogP contribution in [0, 0.1) is 17.0 Å². The van der Waals surface area contributed by atoms with E-state index >= 15 is 0 Å². The van der Waals surface area contributed by atoms with Gasteiger partial charge >= 0.3 is 5.97 Å². The summed E-state index contributed by atoms with van der Waals surface area (Å²) in [6, 6.07) is 16.1. The van der Waals surface area contributed by atoms with Crippen LogP contribution in [0.5, 0.6) is 5.75 Å². The van der Waals surface area contributed by atoms with E-state index in [2.05, 4.69) is 4.98 Å². The maximum atomic E-state index is 12.6. The summed E-state index contributed by atoms with van der Waals surface area (Å²) in [6.45, 7) is 7.01. The highest BCUT2D eigenvalue weighted by atomic mass is 16.7. The van der Waals surface area contributed by atoms with Crippen molar-refractivity contribution >= 4 is 16.9 Å². The van der Waals surface area contributed by atoms with Crippen molar-refractivity contribution in [3.05, 3.63) is 76.0 Å². The van der Waals surface area contributed by atoms with Crippen LogP contribution in [0.3, 0.4) is 0 Å². The number of fused-ring (bicyclic) bond motifs is 1. The number of aromatic nitrogens is 1. The Morgan fingerprint density at radius 2 is 1.87 bits per heavy atom. The van der Waals surface area contributed by atoms with Crippen LogP contribution in [0.25, 0.3) is 10.9 Å². The lowest BCUT2D eigenvalue weighted by atomic mass is 10.1. The molecule has 0 saturated heterocycles. The molecule has 3 rings (SSSR count). The number of carbonyl (C=O) groups excluding carboxylic acids is 1. The van der Waals surface area contributed by atoms with Gasteiger partial charge in [0.15, 0.2) is 11.1 Å². The number of nitrogens with zero attached hydrogens (tertiary/aromatic N) is 2. The molecule has 3 aromatic rings. The fourth-order valence-electron chi connectivity index (χ4n) is 3.27. The number of esters is 1. The Bertz CT molecular complexity index is 1060. The molecule has 0 radical (unpaired) electrons. The molecule has 0 amide bonds. The maximum absolute atomic E-state index is 12.6. The lowest BCUT2D eigenvalue weighted by Crippen LogP contribution is -2.50. The van der Waals surface area contributed by atoms with E-state index in [1.54, 1.807) is 51.1 Å². The van der Waals surface area contributed by atoms with Gasteiger partial charge in [-0.1, -0.05) is 24.3 Å². The van der Waals surface area contributed by atoms with Gasteiger partial charge in [0.1, 0.15) is 18.9 Å². The second-order valence-electron chi connectivity index (χ2n) is 8.36. The molecule has 0 aliphatic carbocycles. The summed E-state index contributed by atoms with van der Waals surface area (Å²) in [5.41, 5.74) is 1.53. The third kappa shape index (κ3) is 5.53. The highest BCUT2D eigenvalue weighted by molar-refractivity contribution is 5.89. The van der Waals surface area contributed by atoms with Gasteiger partial charge in [0.25, 0.3) is 0 Å². The monoisotopic (exact) mass is 425 g/mol. The van der Waals surface area contributed by atoms with E-state index in [0.29, 0.717) is 11.3 Å². The van der Waals surface area contributed by atoms with Crippen molar-refractivity contribution in [1.82, 2.24) is 9.99 Å². The predicted octanol–water partition coefficient (Wildman–Crippen LogP) is 4.37. The second-order valence-corrected chi connectivity index (χ2v) is 8.36. The molecule has 0 spiro atoms. The van der Waals surface area contributed by atoms with Crippen molar-refractivity contribution < 1.29 is 19.3 Å². The van der Waals surface area contributed by atoms with Gasteiger partial charge in [-0.25, -0.2) is 14.9 Å². The molecule has 0 aliphatic heterocycles. The van der Waals surface area contributed by atoms with Crippen LogP contribution in [-0.2, 0) is 4.74 Å². The number of aryl methyl sites for hydroxylation is 1. The van der Waals surface area contributed by atoms with Crippen LogP contribution in [-0.4, -0.2) is 45.8 Å². The highest BCUT2D eigenvalue weighted by Crippen LogP contribution is 2.26. The molecule has 8 heteroatoms. The van der Waals surface area contributed by atoms with E-state index in [-0.39, 0.29) is 13.2 Å². The number of carbonyl (C=O) groups is 1. The standard InChI is InChI=1S/C23H27N3O5/c1-16-13-19-20(24-16)11-8-12-21(19)30-15-18(14-25(26(28)29)23(2,3)4)31-22(27)17-9-6-5-7-10-17/h5-13,18,24H,14-15H2,1-4H3. The summed E-state index contributed by atoms with van der Waals surface area (Å²) in [5, 5.41) is 13.1. The van der Waals surface area contributed by atoms with Gasteiger partial charge in [-0.15, -0.1) is 5.01 Å². The third-order valence-electron chi connectivity index (χ3n) is 4.81. The summed E-state index contributed by atoms with van der Waals surface area (Å²) >= 11 is 0. The average Bonchev–Trinajstić information content (AvgIpc) is 3.10. The SMILES string of the molecule is Cc1cc2c(OCC(CN([N+](=O)[O-])C(C)(C)C)OC(=O)c3ccccc3)cccc2[nH]1. The van der Waals surface area contributed by atoms with E-state index in [1.807, 2.05) is 31.2 Å². The first-order valence-electron chi connectivity index (χ1n) is 10.0. The molecule has 2 aromatic carbocycles. The summed E-state index contributed by atoms with van der Waals surface area (Å²) in [5.74, 6) is 0.0631. The molecule has 164 valence electrons. The van der Waals surface area contributed by atoms with Crippen LogP contribution in [0.4, 0.5) is 0 Å². The molecule has 1 heterocycles. The number of nitro groups is 1. The van der Waals surface area contributed by atoms with Crippen molar-refractivity contribution in [1.29, 1.82) is 0 Å². The third-order valence-corrected chi connectivity index (χ3v) is 4.81. The van der Waals surface area contributed by atoms with Gasteiger partial charge in [0, 0.05) is 16.6 Å². The summed E-state index contributed by atoms with van der Waals surface area (Å²) < 4.78 is 11.6. The molecule has 31 heavy (non-hydrogen) atoms. The number of rotatable bonds is 8. The van der Waals surface area contributed by atoms with E-state index in [4.69, 9.17) is 9.47 Å². The Labute approximate surface area is 180 Å². The van der Waals surface area contributed by atoms with Gasteiger partial charge in [0.2, 0.25) is 0 Å². The van der Waals surface area contributed by atoms with Crippen molar-refractivity contribution in [3.63, 3.8) is 0 Å². The zero-order chi connectivity index (χ0) is 22.6. The van der Waals surface area contributed by atoms with Crippen LogP contribution >= 0.6 is 0 Å². The first kappa shape index (κ1) is 22.1. The number of benzene rings is 2. The average molecular weight is 425 g/mol. The smallest absolute Gasteiger partial charge is 0.338 e. The number of nitrogens with one attached hydrogen (secondary N) is 1. The molecule has 0 fully saturated rings. The largest absolute Gasteiger partial charge is 0.489 e. The zero-order valence-electron chi connectivity index (χ0n) is 18.1. The van der Waals surface area contributed by atoms with Crippen LogP contribution in [0.1, 0.15) is 36.8 Å². The van der Waals surface area contributed by atoms with Gasteiger partial charge in [-0.3, -0.25) is 0 Å². The second kappa shape index (κ2) is 9.07. The van der Waals surface area contributed by atoms with Crippen molar-refractivity contribution in [2.24, 2.45) is 0 Å². The van der Waals surface area contributed by atoms with Gasteiger partial charge in [0.05, 0.1) is 11.1 Å². The number of H-pyrrole nitrogens is 1. The maximum Gasteiger partial charge on any atom is 0.338 e. The van der Waals surface area contributed by atoms with E-state index in [0.717, 1.165) is 21.6 Å². The van der Waals surface area contributed by atoms with E-state index in [1.165, 1.54) is 0 Å². The number of aromatic amines is 1. The molecule has 0 aliphatic rings. The van der Waals surface area contributed by atoms with E-state index in [9.17, 15) is 14.9 Å². The van der Waals surface area contributed by atoms with Gasteiger partial charge in [-0.05, 0) is 58.0 Å². The van der Waals surface area contributed by atoms with Gasteiger partial charge < -0.3 is 14.5 Å². The Morgan fingerprint density at radius 3 is 2.52 bits per heavy atom. The summed E-state index contributed by atoms with van der Waals surface area (Å²) in [4.78, 5) is 27.5. The normalized spacial score (nSPS) is 12.4. The molecular formula is C23H27N3O5. The number of hydrazine groups is 1. The Hall–Kier alpha value is -3.55. The topological polar surface area (TPSA) is 97.7 Å². The zero-order valence-corrected chi connectivity index (χ0v) is 18.1. The minimum Gasteiger partial charge on any atom is -0.489 e. The quantitative estimate of drug-likeness (QED) is 0.327. The fourth-order valence-corrected chi connectivity index (χ4v) is 3.27. The summed E-state index contributed by atoms with van der Waals surface area (Å²) in [6.07, 6.45) is -0.854. The molecule has 0 saturated carbocycles. The fraction of sp³-hybridized carbons (Fsp3) is 0.348. The predicted molar refractivity (Wildman–Crippen MR) is 118 cm³/mol. The molecular weight excluding hydrogens is 398 g/mol. The minimum absolute atomic E-state index is 0.0255. The molecule has 0 bridgehead atoms. The molecule has 1 N–H and O–H groups in total. The minimum atomic E-state index is -0.854. The highest BCUT2D eigenvalue weighted by Gasteiger charge is 2.34. The van der Waals surface area contributed by atoms with Crippen molar-refractivity contribution in [3.8, 4) is 5.75 Å². The Morgan fingerprint density at radius 1 is 1.16 bits per heavy atom. The Kier molecular flexibility index (Phi) is 6.48. The molecule has 1 aromatic heterocycles. The van der Waals surface area contributed by atoms with Gasteiger partial charge in [-0.2, -0.15) is 0 Å². The molecule has 8 nitrogen and oxygen atoms in total. The lowest BCUT2D eigenvalue weighted by molar-refractivity contribution is -0.673. The molecule has 1 atom stereocenters. The summed E-state index contributed by atoms with van der Waals surface area (Å²) in [7, 11) is 0. The van der Waals surface area contributed by atoms with E-state index < -0.39 is 22.6 Å². The van der Waals surface area contributed by atoms with Crippen LogP contribution in [0.2, 0.25) is 0 Å². The molecule has 1 unspecified atom stereocenters. The number of hydrogen-bond acceptors (Lipinski definition) is 5. The van der Waals surface area contributed by atoms with Crippen molar-refractivity contribution in [2.75, 3.05) is 13.2 Å². The number of hydrogen-bond donors (Lipinski definition) is 1. The van der Waals surface area contributed by atoms with Crippen molar-refractivity contribution in [2.45, 2.75) is 39.3 Å². The first-order chi connectivity index (χ1) is 14.6. The van der Waals surface area contributed by atoms with Crippen LogP contribution < -0.4 is 4.74 Å². The number of ether oxygens (including phenoxy) is 2. The van der Waals surface area contributed by atoms with Crippen LogP contribution in [0.15, 0.2) is 54.6 Å².